The zero-order chi connectivity index (χ0) is 18.1. The normalized spacial score (nSPS) is 27.7. The SMILES string of the molecule is CN1CC2(CCCN(C(=O)c3cn[nH]c3C3CCCCC3)CC2)OC1=O. The number of ether oxygens (including phenoxy) is 1. The van der Waals surface area contributed by atoms with Gasteiger partial charge in [-0.05, 0) is 25.7 Å². The van der Waals surface area contributed by atoms with E-state index in [0.717, 1.165) is 36.9 Å². The molecule has 2 saturated heterocycles. The lowest BCUT2D eigenvalue weighted by molar-refractivity contribution is 0.0438. The maximum absolute atomic E-state index is 13.2. The molecule has 0 bridgehead atoms. The molecule has 1 spiro atoms. The van der Waals surface area contributed by atoms with E-state index in [4.69, 9.17) is 4.74 Å². The molecule has 1 unspecified atom stereocenters. The average Bonchev–Trinajstić information content (AvgIpc) is 3.17. The number of hydrogen-bond acceptors (Lipinski definition) is 4. The van der Waals surface area contributed by atoms with Crippen molar-refractivity contribution in [3.8, 4) is 0 Å². The fourth-order valence-corrected chi connectivity index (χ4v) is 4.76. The molecular weight excluding hydrogens is 332 g/mol. The minimum Gasteiger partial charge on any atom is -0.441 e. The minimum atomic E-state index is -0.427. The summed E-state index contributed by atoms with van der Waals surface area (Å²) in [5, 5.41) is 7.28. The third-order valence-electron chi connectivity index (χ3n) is 6.24. The highest BCUT2D eigenvalue weighted by molar-refractivity contribution is 5.95. The van der Waals surface area contributed by atoms with Crippen LogP contribution in [0.4, 0.5) is 4.79 Å². The van der Waals surface area contributed by atoms with Crippen molar-refractivity contribution in [3.05, 3.63) is 17.5 Å². The Morgan fingerprint density at radius 1 is 1.23 bits per heavy atom. The van der Waals surface area contributed by atoms with Crippen molar-refractivity contribution in [2.75, 3.05) is 26.7 Å². The lowest BCUT2D eigenvalue weighted by Crippen LogP contribution is -2.37. The number of carbonyl (C=O) groups excluding carboxylic acids is 2. The monoisotopic (exact) mass is 360 g/mol. The second-order valence-corrected chi connectivity index (χ2v) is 8.09. The van der Waals surface area contributed by atoms with Crippen LogP contribution < -0.4 is 0 Å². The summed E-state index contributed by atoms with van der Waals surface area (Å²) in [5.74, 6) is 0.488. The zero-order valence-electron chi connectivity index (χ0n) is 15.5. The van der Waals surface area contributed by atoms with Crippen LogP contribution in [0.25, 0.3) is 0 Å². The van der Waals surface area contributed by atoms with Crippen LogP contribution in [-0.2, 0) is 4.74 Å². The van der Waals surface area contributed by atoms with Crippen molar-refractivity contribution >= 4 is 12.0 Å². The zero-order valence-corrected chi connectivity index (χ0v) is 15.5. The number of nitrogens with zero attached hydrogens (tertiary/aromatic N) is 3. The summed E-state index contributed by atoms with van der Waals surface area (Å²) in [6.07, 6.45) is 9.81. The molecule has 7 heteroatoms. The van der Waals surface area contributed by atoms with Gasteiger partial charge in [0.05, 0.1) is 24.0 Å². The van der Waals surface area contributed by atoms with E-state index in [2.05, 4.69) is 10.2 Å². The van der Waals surface area contributed by atoms with Gasteiger partial charge < -0.3 is 14.5 Å². The highest BCUT2D eigenvalue weighted by Crippen LogP contribution is 2.35. The molecule has 7 nitrogen and oxygen atoms in total. The smallest absolute Gasteiger partial charge is 0.410 e. The Hall–Kier alpha value is -2.05. The molecule has 0 radical (unpaired) electrons. The van der Waals surface area contributed by atoms with Crippen molar-refractivity contribution in [1.29, 1.82) is 0 Å². The molecule has 1 N–H and O–H groups in total. The molecule has 142 valence electrons. The number of aromatic nitrogens is 2. The summed E-state index contributed by atoms with van der Waals surface area (Å²) in [6, 6.07) is 0. The second kappa shape index (κ2) is 6.93. The molecule has 1 saturated carbocycles. The quantitative estimate of drug-likeness (QED) is 0.879. The fourth-order valence-electron chi connectivity index (χ4n) is 4.76. The maximum atomic E-state index is 13.2. The topological polar surface area (TPSA) is 78.5 Å². The highest BCUT2D eigenvalue weighted by atomic mass is 16.6. The first-order valence-electron chi connectivity index (χ1n) is 9.85. The van der Waals surface area contributed by atoms with Crippen LogP contribution in [0.5, 0.6) is 0 Å². The molecule has 2 amide bonds. The number of H-pyrrole nitrogens is 1. The number of likely N-dealkylation sites (tertiary alicyclic amines) is 1. The van der Waals surface area contributed by atoms with Crippen LogP contribution in [-0.4, -0.2) is 64.3 Å². The summed E-state index contributed by atoms with van der Waals surface area (Å²) in [5.41, 5.74) is 1.32. The van der Waals surface area contributed by atoms with Crippen molar-refractivity contribution in [2.24, 2.45) is 0 Å². The maximum Gasteiger partial charge on any atom is 0.410 e. The lowest BCUT2D eigenvalue weighted by Gasteiger charge is -2.26. The Morgan fingerprint density at radius 2 is 2.04 bits per heavy atom. The molecule has 1 atom stereocenters. The van der Waals surface area contributed by atoms with Crippen molar-refractivity contribution in [2.45, 2.75) is 62.9 Å². The van der Waals surface area contributed by atoms with Gasteiger partial charge in [0, 0.05) is 32.5 Å². The number of rotatable bonds is 2. The summed E-state index contributed by atoms with van der Waals surface area (Å²) < 4.78 is 5.65. The van der Waals surface area contributed by atoms with E-state index in [1.54, 1.807) is 18.1 Å². The van der Waals surface area contributed by atoms with Gasteiger partial charge in [0.2, 0.25) is 0 Å². The van der Waals surface area contributed by atoms with E-state index in [0.29, 0.717) is 32.0 Å². The minimum absolute atomic E-state index is 0.0639. The molecular formula is C19H28N4O3. The average molecular weight is 360 g/mol. The van der Waals surface area contributed by atoms with Crippen LogP contribution in [0.15, 0.2) is 6.20 Å². The predicted octanol–water partition coefficient (Wildman–Crippen LogP) is 2.90. The van der Waals surface area contributed by atoms with Crippen LogP contribution in [0.1, 0.15) is 73.3 Å². The molecule has 4 rings (SSSR count). The van der Waals surface area contributed by atoms with Crippen LogP contribution in [0, 0.1) is 0 Å². The lowest BCUT2D eigenvalue weighted by atomic mass is 9.85. The van der Waals surface area contributed by atoms with Gasteiger partial charge in [-0.25, -0.2) is 4.79 Å². The van der Waals surface area contributed by atoms with Gasteiger partial charge in [-0.1, -0.05) is 19.3 Å². The largest absolute Gasteiger partial charge is 0.441 e. The van der Waals surface area contributed by atoms with Crippen LogP contribution >= 0.6 is 0 Å². The molecule has 1 aliphatic carbocycles. The van der Waals surface area contributed by atoms with Gasteiger partial charge in [0.15, 0.2) is 0 Å². The van der Waals surface area contributed by atoms with Crippen molar-refractivity contribution in [3.63, 3.8) is 0 Å². The van der Waals surface area contributed by atoms with Crippen LogP contribution in [0.3, 0.4) is 0 Å². The number of carbonyl (C=O) groups is 2. The Bertz CT molecular complexity index is 682. The third-order valence-corrected chi connectivity index (χ3v) is 6.24. The number of hydrogen-bond donors (Lipinski definition) is 1. The number of nitrogens with one attached hydrogen (secondary N) is 1. The second-order valence-electron chi connectivity index (χ2n) is 8.09. The molecule has 1 aromatic heterocycles. The first kappa shape index (κ1) is 17.4. The Balaban J connectivity index is 1.46. The number of amides is 2. The van der Waals surface area contributed by atoms with E-state index in [1.807, 2.05) is 4.90 Å². The van der Waals surface area contributed by atoms with Gasteiger partial charge in [0.1, 0.15) is 5.60 Å². The van der Waals surface area contributed by atoms with E-state index < -0.39 is 5.60 Å². The molecule has 1 aromatic rings. The van der Waals surface area contributed by atoms with E-state index in [9.17, 15) is 9.59 Å². The Labute approximate surface area is 154 Å². The number of aromatic amines is 1. The first-order chi connectivity index (χ1) is 12.6. The molecule has 2 aliphatic heterocycles. The summed E-state index contributed by atoms with van der Waals surface area (Å²) in [6.45, 7) is 1.94. The van der Waals surface area contributed by atoms with E-state index in [1.165, 1.54) is 19.3 Å². The number of likely N-dealkylation sites (N-methyl/N-ethyl adjacent to an activating group) is 1. The summed E-state index contributed by atoms with van der Waals surface area (Å²) in [4.78, 5) is 28.5. The predicted molar refractivity (Wildman–Crippen MR) is 96.0 cm³/mol. The van der Waals surface area contributed by atoms with Gasteiger partial charge in [-0.3, -0.25) is 9.89 Å². The van der Waals surface area contributed by atoms with Gasteiger partial charge in [-0.2, -0.15) is 5.10 Å². The molecule has 0 aromatic carbocycles. The Morgan fingerprint density at radius 3 is 2.77 bits per heavy atom. The Kier molecular flexibility index (Phi) is 4.63. The van der Waals surface area contributed by atoms with Gasteiger partial charge >= 0.3 is 6.09 Å². The molecule has 3 heterocycles. The van der Waals surface area contributed by atoms with Crippen molar-refractivity contribution < 1.29 is 14.3 Å². The summed E-state index contributed by atoms with van der Waals surface area (Å²) >= 11 is 0. The van der Waals surface area contributed by atoms with Gasteiger partial charge in [-0.15, -0.1) is 0 Å². The van der Waals surface area contributed by atoms with Crippen molar-refractivity contribution in [1.82, 2.24) is 20.0 Å². The molecule has 3 fully saturated rings. The molecule has 26 heavy (non-hydrogen) atoms. The van der Waals surface area contributed by atoms with E-state index in [-0.39, 0.29) is 12.0 Å². The van der Waals surface area contributed by atoms with E-state index >= 15 is 0 Å². The molecule has 3 aliphatic rings. The van der Waals surface area contributed by atoms with Gasteiger partial charge in [0.25, 0.3) is 5.91 Å². The standard InChI is InChI=1S/C19H28N4O3/c1-22-13-19(26-18(22)25)8-5-10-23(11-9-19)17(24)15-12-20-21-16(15)14-6-3-2-4-7-14/h12,14H,2-11,13H2,1H3,(H,20,21). The fraction of sp³-hybridized carbons (Fsp3) is 0.737. The first-order valence-corrected chi connectivity index (χ1v) is 9.85. The highest BCUT2D eigenvalue weighted by Gasteiger charge is 2.45. The third kappa shape index (κ3) is 3.19. The van der Waals surface area contributed by atoms with Crippen LogP contribution in [0.2, 0.25) is 0 Å². The summed E-state index contributed by atoms with van der Waals surface area (Å²) in [7, 11) is 1.77.